The Labute approximate surface area is 193 Å². The predicted molar refractivity (Wildman–Crippen MR) is 121 cm³/mol. The summed E-state index contributed by atoms with van der Waals surface area (Å²) < 4.78 is 11.4. The van der Waals surface area contributed by atoms with Crippen LogP contribution in [0.5, 0.6) is 0 Å². The SMILES string of the molecule is Cc1c([C@@H](O)CN2CCC3(CC2)CN(c2ccc(C#N)cn2)CCO3)ccc2c1COC2=O. The van der Waals surface area contributed by atoms with Gasteiger partial charge in [0, 0.05) is 44.5 Å². The number of aliphatic hydroxyl groups is 1. The number of nitrogens with zero attached hydrogens (tertiary/aromatic N) is 4. The van der Waals surface area contributed by atoms with Gasteiger partial charge in [0.15, 0.2) is 0 Å². The summed E-state index contributed by atoms with van der Waals surface area (Å²) in [6.45, 7) is 6.69. The van der Waals surface area contributed by atoms with E-state index in [4.69, 9.17) is 14.7 Å². The largest absolute Gasteiger partial charge is 0.457 e. The zero-order chi connectivity index (χ0) is 23.0. The molecule has 33 heavy (non-hydrogen) atoms. The van der Waals surface area contributed by atoms with Crippen molar-refractivity contribution in [3.8, 4) is 6.07 Å². The fraction of sp³-hybridized carbons (Fsp3) is 0.480. The monoisotopic (exact) mass is 448 g/mol. The molecule has 0 saturated carbocycles. The van der Waals surface area contributed by atoms with Crippen LogP contribution in [0.1, 0.15) is 51.6 Å². The zero-order valence-electron chi connectivity index (χ0n) is 18.8. The highest BCUT2D eigenvalue weighted by atomic mass is 16.5. The standard InChI is InChI=1S/C25H28N4O4/c1-17-19(3-4-20-21(17)15-32-24(20)31)22(30)14-28-8-6-25(7-9-28)16-29(10-11-33-25)23-5-2-18(12-26)13-27-23/h2-5,13,22,30H,6-11,14-16H2,1H3/t22-/m0/s1. The lowest BCUT2D eigenvalue weighted by atomic mass is 9.88. The molecule has 2 saturated heterocycles. The van der Waals surface area contributed by atoms with Crippen LogP contribution in [0.3, 0.4) is 0 Å². The van der Waals surface area contributed by atoms with Crippen molar-refractivity contribution < 1.29 is 19.4 Å². The van der Waals surface area contributed by atoms with Gasteiger partial charge in [-0.2, -0.15) is 5.26 Å². The molecule has 8 nitrogen and oxygen atoms in total. The fourth-order valence-electron chi connectivity index (χ4n) is 5.20. The second kappa shape index (κ2) is 8.75. The van der Waals surface area contributed by atoms with Crippen molar-refractivity contribution in [1.82, 2.24) is 9.88 Å². The maximum absolute atomic E-state index is 11.8. The number of carbonyl (C=O) groups excluding carboxylic acids is 1. The molecule has 2 aromatic rings. The minimum absolute atomic E-state index is 0.212. The quantitative estimate of drug-likeness (QED) is 0.712. The van der Waals surface area contributed by atoms with E-state index in [0.717, 1.165) is 61.5 Å². The molecule has 1 N–H and O–H groups in total. The average molecular weight is 449 g/mol. The van der Waals surface area contributed by atoms with E-state index in [1.165, 1.54) is 0 Å². The Balaban J connectivity index is 1.20. The minimum Gasteiger partial charge on any atom is -0.457 e. The molecule has 8 heteroatoms. The summed E-state index contributed by atoms with van der Waals surface area (Å²) in [5.41, 5.74) is 3.66. The first-order chi connectivity index (χ1) is 16.0. The number of cyclic esters (lactones) is 1. The number of fused-ring (bicyclic) bond motifs is 1. The maximum Gasteiger partial charge on any atom is 0.338 e. The zero-order valence-corrected chi connectivity index (χ0v) is 18.8. The fourth-order valence-corrected chi connectivity index (χ4v) is 5.20. The number of hydrogen-bond acceptors (Lipinski definition) is 8. The van der Waals surface area contributed by atoms with E-state index >= 15 is 0 Å². The van der Waals surface area contributed by atoms with Gasteiger partial charge in [0.2, 0.25) is 0 Å². The van der Waals surface area contributed by atoms with Crippen molar-refractivity contribution in [2.45, 2.75) is 38.1 Å². The second-order valence-electron chi connectivity index (χ2n) is 9.17. The number of aromatic nitrogens is 1. The van der Waals surface area contributed by atoms with Gasteiger partial charge in [0.05, 0.1) is 29.4 Å². The van der Waals surface area contributed by atoms with Crippen molar-refractivity contribution in [2.24, 2.45) is 0 Å². The Morgan fingerprint density at radius 3 is 2.79 bits per heavy atom. The minimum atomic E-state index is -0.619. The van der Waals surface area contributed by atoms with Crippen LogP contribution in [0.15, 0.2) is 30.5 Å². The number of likely N-dealkylation sites (tertiary alicyclic amines) is 1. The highest BCUT2D eigenvalue weighted by Crippen LogP contribution is 2.34. The van der Waals surface area contributed by atoms with Gasteiger partial charge in [-0.15, -0.1) is 0 Å². The van der Waals surface area contributed by atoms with E-state index in [1.54, 1.807) is 18.3 Å². The highest BCUT2D eigenvalue weighted by Gasteiger charge is 2.40. The number of ether oxygens (including phenoxy) is 2. The third kappa shape index (κ3) is 4.20. The normalized spacial score (nSPS) is 20.9. The van der Waals surface area contributed by atoms with Gasteiger partial charge in [0.1, 0.15) is 18.5 Å². The van der Waals surface area contributed by atoms with Crippen molar-refractivity contribution in [3.63, 3.8) is 0 Å². The molecule has 3 aliphatic heterocycles. The maximum atomic E-state index is 11.8. The lowest BCUT2D eigenvalue weighted by Crippen LogP contribution is -2.57. The van der Waals surface area contributed by atoms with Gasteiger partial charge >= 0.3 is 5.97 Å². The Morgan fingerprint density at radius 1 is 1.24 bits per heavy atom. The van der Waals surface area contributed by atoms with Gasteiger partial charge in [-0.1, -0.05) is 6.07 Å². The molecule has 0 aliphatic carbocycles. The van der Waals surface area contributed by atoms with Gasteiger partial charge in [-0.05, 0) is 49.1 Å². The Hall–Kier alpha value is -2.99. The molecule has 0 bridgehead atoms. The Morgan fingerprint density at radius 2 is 2.06 bits per heavy atom. The molecular formula is C25H28N4O4. The summed E-state index contributed by atoms with van der Waals surface area (Å²) in [6, 6.07) is 9.43. The molecule has 1 atom stereocenters. The topological polar surface area (TPSA) is 98.9 Å². The number of piperidine rings is 1. The first kappa shape index (κ1) is 21.8. The van der Waals surface area contributed by atoms with Crippen LogP contribution in [-0.4, -0.2) is 65.9 Å². The van der Waals surface area contributed by atoms with E-state index in [0.29, 0.717) is 24.3 Å². The van der Waals surface area contributed by atoms with Crippen LogP contribution in [0.25, 0.3) is 0 Å². The number of pyridine rings is 1. The molecule has 4 heterocycles. The molecular weight excluding hydrogens is 420 g/mol. The summed E-state index contributed by atoms with van der Waals surface area (Å²) in [5, 5.41) is 19.9. The van der Waals surface area contributed by atoms with Gasteiger partial charge < -0.3 is 24.4 Å². The smallest absolute Gasteiger partial charge is 0.338 e. The summed E-state index contributed by atoms with van der Waals surface area (Å²) in [6.07, 6.45) is 2.77. The molecule has 2 fully saturated rings. The molecule has 1 spiro atoms. The van der Waals surface area contributed by atoms with Crippen LogP contribution in [0, 0.1) is 18.3 Å². The molecule has 5 rings (SSSR count). The van der Waals surface area contributed by atoms with Crippen LogP contribution in [-0.2, 0) is 16.1 Å². The van der Waals surface area contributed by atoms with E-state index in [-0.39, 0.29) is 18.2 Å². The van der Waals surface area contributed by atoms with Crippen molar-refractivity contribution in [3.05, 3.63) is 58.3 Å². The van der Waals surface area contributed by atoms with Crippen LogP contribution < -0.4 is 4.90 Å². The number of hydrogen-bond donors (Lipinski definition) is 1. The summed E-state index contributed by atoms with van der Waals surface area (Å²) >= 11 is 0. The first-order valence-corrected chi connectivity index (χ1v) is 11.4. The van der Waals surface area contributed by atoms with E-state index < -0.39 is 6.10 Å². The number of carbonyl (C=O) groups is 1. The molecule has 1 aromatic heterocycles. The van der Waals surface area contributed by atoms with Gasteiger partial charge in [-0.3, -0.25) is 0 Å². The number of morpholine rings is 1. The van der Waals surface area contributed by atoms with Crippen LogP contribution in [0.4, 0.5) is 5.82 Å². The lowest BCUT2D eigenvalue weighted by molar-refractivity contribution is -0.0944. The number of esters is 1. The number of anilines is 1. The summed E-state index contributed by atoms with van der Waals surface area (Å²) in [7, 11) is 0. The molecule has 0 radical (unpaired) electrons. The van der Waals surface area contributed by atoms with Crippen molar-refractivity contribution >= 4 is 11.8 Å². The highest BCUT2D eigenvalue weighted by molar-refractivity contribution is 5.93. The molecule has 0 unspecified atom stereocenters. The molecule has 3 aliphatic rings. The van der Waals surface area contributed by atoms with Crippen LogP contribution >= 0.6 is 0 Å². The molecule has 0 amide bonds. The number of aliphatic hydroxyl groups excluding tert-OH is 1. The van der Waals surface area contributed by atoms with Crippen LogP contribution in [0.2, 0.25) is 0 Å². The second-order valence-corrected chi connectivity index (χ2v) is 9.17. The molecule has 1 aromatic carbocycles. The van der Waals surface area contributed by atoms with Gasteiger partial charge in [-0.25, -0.2) is 9.78 Å². The van der Waals surface area contributed by atoms with Gasteiger partial charge in [0.25, 0.3) is 0 Å². The third-order valence-corrected chi connectivity index (χ3v) is 7.21. The number of rotatable bonds is 4. The first-order valence-electron chi connectivity index (χ1n) is 11.4. The van der Waals surface area contributed by atoms with E-state index in [9.17, 15) is 9.90 Å². The van der Waals surface area contributed by atoms with Crippen molar-refractivity contribution in [2.75, 3.05) is 44.2 Å². The number of nitriles is 1. The van der Waals surface area contributed by atoms with E-state index in [1.807, 2.05) is 19.1 Å². The lowest BCUT2D eigenvalue weighted by Gasteiger charge is -2.47. The number of benzene rings is 1. The number of β-amino-alcohol motifs (C(OH)–C–C–N with tert-alkyl or cyclic N) is 1. The molecule has 172 valence electrons. The predicted octanol–water partition coefficient (Wildman–Crippen LogP) is 2.34. The summed E-state index contributed by atoms with van der Waals surface area (Å²) in [5.74, 6) is 0.595. The third-order valence-electron chi connectivity index (χ3n) is 7.21. The van der Waals surface area contributed by atoms with Crippen molar-refractivity contribution in [1.29, 1.82) is 5.26 Å². The Kier molecular flexibility index (Phi) is 5.79. The Bertz CT molecular complexity index is 1090. The average Bonchev–Trinajstić information content (AvgIpc) is 3.22. The summed E-state index contributed by atoms with van der Waals surface area (Å²) in [4.78, 5) is 20.8. The van der Waals surface area contributed by atoms with E-state index in [2.05, 4.69) is 20.9 Å².